The third kappa shape index (κ3) is 2.70. The molecule has 5 rings (SSSR count). The molecular formula is C22H30ClNO2. The van der Waals surface area contributed by atoms with Gasteiger partial charge in [-0.1, -0.05) is 19.4 Å². The molecule has 2 bridgehead atoms. The zero-order chi connectivity index (χ0) is 17.2. The van der Waals surface area contributed by atoms with E-state index in [0.717, 1.165) is 38.1 Å². The second kappa shape index (κ2) is 6.53. The molecule has 2 saturated carbocycles. The maximum absolute atomic E-state index is 12.7. The summed E-state index contributed by atoms with van der Waals surface area (Å²) in [7, 11) is 0. The predicted octanol–water partition coefficient (Wildman–Crippen LogP) is 4.10. The maximum atomic E-state index is 12.7. The Balaban J connectivity index is 0.00000168. The van der Waals surface area contributed by atoms with Crippen LogP contribution in [0.15, 0.2) is 18.2 Å². The van der Waals surface area contributed by atoms with Gasteiger partial charge in [0.15, 0.2) is 0 Å². The van der Waals surface area contributed by atoms with Crippen LogP contribution in [0.5, 0.6) is 5.75 Å². The minimum Gasteiger partial charge on any atom is -0.508 e. The fraction of sp³-hybridized carbons (Fsp3) is 0.682. The highest BCUT2D eigenvalue weighted by Gasteiger charge is 2.58. The van der Waals surface area contributed by atoms with Gasteiger partial charge in [0.2, 0.25) is 0 Å². The summed E-state index contributed by atoms with van der Waals surface area (Å²) in [5.74, 6) is 2.80. The van der Waals surface area contributed by atoms with E-state index < -0.39 is 0 Å². The molecule has 4 aliphatic rings. The quantitative estimate of drug-likeness (QED) is 0.864. The summed E-state index contributed by atoms with van der Waals surface area (Å²) >= 11 is 0. The van der Waals surface area contributed by atoms with Crippen molar-refractivity contribution in [3.8, 4) is 5.75 Å². The van der Waals surface area contributed by atoms with Crippen LogP contribution in [0.25, 0.3) is 0 Å². The summed E-state index contributed by atoms with van der Waals surface area (Å²) in [5.41, 5.74) is 2.66. The van der Waals surface area contributed by atoms with Crippen LogP contribution < -0.4 is 0 Å². The number of piperidine rings is 1. The molecule has 26 heavy (non-hydrogen) atoms. The number of benzene rings is 1. The number of phenolic OH excluding ortho intramolecular Hbond substituents is 1. The molecule has 0 spiro atoms. The third-order valence-corrected chi connectivity index (χ3v) is 7.65. The molecule has 3 nitrogen and oxygen atoms in total. The Labute approximate surface area is 162 Å². The fourth-order valence-corrected chi connectivity index (χ4v) is 6.44. The molecule has 0 radical (unpaired) electrons. The SMILES string of the molecule is CC[C@@H]1CC(=O)CC23CCN(CC4CC4)C(Cc4ccc(O)cc42)[C@@H]13.Cl. The standard InChI is InChI=1S/C22H29NO2.ClH/c1-2-15-9-18(25)12-22-7-8-23(13-14-3-4-14)20(21(15)22)10-16-5-6-17(24)11-19(16)22;/h5-6,11,14-15,20-21,24H,2-4,7-10,12-13H2,1H3;1H/t15-,20?,21-,22?;/m1./s1. The van der Waals surface area contributed by atoms with Crippen molar-refractivity contribution in [2.45, 2.75) is 63.3 Å². The molecule has 1 aliphatic heterocycles. The molecule has 4 heteroatoms. The van der Waals surface area contributed by atoms with E-state index in [1.54, 1.807) is 0 Å². The number of nitrogens with zero attached hydrogens (tertiary/aromatic N) is 1. The Morgan fingerprint density at radius 3 is 2.81 bits per heavy atom. The van der Waals surface area contributed by atoms with Crippen LogP contribution in [0.4, 0.5) is 0 Å². The number of rotatable bonds is 3. The number of hydrogen-bond acceptors (Lipinski definition) is 3. The fourth-order valence-electron chi connectivity index (χ4n) is 6.44. The van der Waals surface area contributed by atoms with Gasteiger partial charge < -0.3 is 5.11 Å². The summed E-state index contributed by atoms with van der Waals surface area (Å²) < 4.78 is 0. The topological polar surface area (TPSA) is 40.5 Å². The molecule has 0 amide bonds. The van der Waals surface area contributed by atoms with E-state index >= 15 is 0 Å². The Morgan fingerprint density at radius 2 is 2.08 bits per heavy atom. The summed E-state index contributed by atoms with van der Waals surface area (Å²) in [6.07, 6.45) is 7.54. The van der Waals surface area contributed by atoms with E-state index in [1.165, 1.54) is 30.5 Å². The van der Waals surface area contributed by atoms with Crippen LogP contribution in [-0.2, 0) is 16.6 Å². The van der Waals surface area contributed by atoms with E-state index in [9.17, 15) is 9.90 Å². The third-order valence-electron chi connectivity index (χ3n) is 7.65. The van der Waals surface area contributed by atoms with Gasteiger partial charge in [-0.3, -0.25) is 9.69 Å². The highest BCUT2D eigenvalue weighted by Crippen LogP contribution is 2.58. The van der Waals surface area contributed by atoms with Crippen LogP contribution in [-0.4, -0.2) is 34.9 Å². The minimum absolute atomic E-state index is 0. The van der Waals surface area contributed by atoms with E-state index in [1.807, 2.05) is 12.1 Å². The number of ketones is 1. The van der Waals surface area contributed by atoms with Crippen molar-refractivity contribution >= 4 is 18.2 Å². The molecule has 1 heterocycles. The second-order valence-corrected chi connectivity index (χ2v) is 9.07. The molecule has 4 atom stereocenters. The van der Waals surface area contributed by atoms with Crippen LogP contribution >= 0.6 is 12.4 Å². The van der Waals surface area contributed by atoms with Crippen LogP contribution in [0.3, 0.4) is 0 Å². The van der Waals surface area contributed by atoms with Gasteiger partial charge in [-0.15, -0.1) is 12.4 Å². The predicted molar refractivity (Wildman–Crippen MR) is 105 cm³/mol. The highest BCUT2D eigenvalue weighted by molar-refractivity contribution is 5.85. The molecule has 1 N–H and O–H groups in total. The van der Waals surface area contributed by atoms with Crippen LogP contribution in [0.1, 0.15) is 56.6 Å². The van der Waals surface area contributed by atoms with Crippen molar-refractivity contribution in [2.75, 3.05) is 13.1 Å². The lowest BCUT2D eigenvalue weighted by molar-refractivity contribution is -0.132. The average Bonchev–Trinajstić information content (AvgIpc) is 3.41. The lowest BCUT2D eigenvalue weighted by Crippen LogP contribution is -2.64. The first kappa shape index (κ1) is 18.3. The minimum atomic E-state index is -0.0208. The second-order valence-electron chi connectivity index (χ2n) is 9.07. The van der Waals surface area contributed by atoms with Gasteiger partial charge in [0.1, 0.15) is 11.5 Å². The molecule has 3 aliphatic carbocycles. The smallest absolute Gasteiger partial charge is 0.134 e. The van der Waals surface area contributed by atoms with E-state index in [0.29, 0.717) is 35.8 Å². The van der Waals surface area contributed by atoms with Gasteiger partial charge in [-0.25, -0.2) is 0 Å². The number of halogens is 1. The van der Waals surface area contributed by atoms with Crippen molar-refractivity contribution in [1.29, 1.82) is 0 Å². The number of carbonyl (C=O) groups excluding carboxylic acids is 1. The van der Waals surface area contributed by atoms with Crippen molar-refractivity contribution in [2.24, 2.45) is 17.8 Å². The number of hydrogen-bond donors (Lipinski definition) is 1. The maximum Gasteiger partial charge on any atom is 0.134 e. The average molecular weight is 376 g/mol. The van der Waals surface area contributed by atoms with Gasteiger partial charge in [-0.05, 0) is 73.2 Å². The first-order valence-corrected chi connectivity index (χ1v) is 10.2. The number of aromatic hydroxyl groups is 1. The van der Waals surface area contributed by atoms with Gasteiger partial charge in [0, 0.05) is 30.8 Å². The molecule has 0 aromatic heterocycles. The normalized spacial score (nSPS) is 36.0. The monoisotopic (exact) mass is 375 g/mol. The van der Waals surface area contributed by atoms with E-state index in [-0.39, 0.29) is 17.8 Å². The molecule has 142 valence electrons. The number of carbonyl (C=O) groups is 1. The van der Waals surface area contributed by atoms with E-state index in [2.05, 4.69) is 17.9 Å². The molecule has 1 saturated heterocycles. The van der Waals surface area contributed by atoms with Crippen molar-refractivity contribution in [3.63, 3.8) is 0 Å². The first-order chi connectivity index (χ1) is 12.1. The number of fused-ring (bicyclic) bond motifs is 1. The number of likely N-dealkylation sites (tertiary alicyclic amines) is 1. The van der Waals surface area contributed by atoms with Crippen molar-refractivity contribution in [3.05, 3.63) is 29.3 Å². The zero-order valence-corrected chi connectivity index (χ0v) is 16.4. The molecule has 2 unspecified atom stereocenters. The summed E-state index contributed by atoms with van der Waals surface area (Å²) in [6, 6.07) is 6.53. The van der Waals surface area contributed by atoms with E-state index in [4.69, 9.17) is 0 Å². The largest absolute Gasteiger partial charge is 0.508 e. The van der Waals surface area contributed by atoms with Gasteiger partial charge in [0.25, 0.3) is 0 Å². The Hall–Kier alpha value is -1.06. The number of Topliss-reactive ketones (excluding diaryl/α,β-unsaturated/α-hetero) is 1. The van der Waals surface area contributed by atoms with Gasteiger partial charge in [-0.2, -0.15) is 0 Å². The molecule has 3 fully saturated rings. The Kier molecular flexibility index (Phi) is 4.60. The van der Waals surface area contributed by atoms with Crippen LogP contribution in [0, 0.1) is 17.8 Å². The van der Waals surface area contributed by atoms with Crippen molar-refractivity contribution < 1.29 is 9.90 Å². The summed E-state index contributed by atoms with van der Waals surface area (Å²) in [5, 5.41) is 10.1. The summed E-state index contributed by atoms with van der Waals surface area (Å²) in [6.45, 7) is 4.64. The number of phenols is 1. The first-order valence-electron chi connectivity index (χ1n) is 10.2. The molecular weight excluding hydrogens is 346 g/mol. The highest BCUT2D eigenvalue weighted by atomic mass is 35.5. The van der Waals surface area contributed by atoms with Crippen molar-refractivity contribution in [1.82, 2.24) is 4.90 Å². The lowest BCUT2D eigenvalue weighted by atomic mass is 9.49. The molecule has 1 aromatic carbocycles. The van der Waals surface area contributed by atoms with Gasteiger partial charge >= 0.3 is 0 Å². The molecule has 1 aromatic rings. The zero-order valence-electron chi connectivity index (χ0n) is 15.6. The van der Waals surface area contributed by atoms with Crippen LogP contribution in [0.2, 0.25) is 0 Å². The van der Waals surface area contributed by atoms with Gasteiger partial charge in [0.05, 0.1) is 0 Å². The Morgan fingerprint density at radius 1 is 1.27 bits per heavy atom. The summed E-state index contributed by atoms with van der Waals surface area (Å²) in [4.78, 5) is 15.4. The lowest BCUT2D eigenvalue weighted by Gasteiger charge is -2.61. The Bertz CT molecular complexity index is 716.